The standard InChI is InChI=1S/C18H23FN4O3.C7H12O2/c1-11-15(24)9-8-13(20-11)16-14(23(3)21-17(16)19)10-26-18(25)22(2)12-6-4-5-7-12;8-7(9)6-4-2-1-3-5-6/h8-9,12,24H,4-7,10H2,1-3H3;6H,1-5H2,(H,8,9). The molecule has 2 aromatic rings. The maximum absolute atomic E-state index is 14.3. The van der Waals surface area contributed by atoms with Crippen LogP contribution in [0.15, 0.2) is 12.1 Å². The van der Waals surface area contributed by atoms with E-state index in [2.05, 4.69) is 10.1 Å². The summed E-state index contributed by atoms with van der Waals surface area (Å²) in [5.74, 6) is -1.29. The number of carbonyl (C=O) groups excluding carboxylic acids is 1. The van der Waals surface area contributed by atoms with Gasteiger partial charge in [-0.15, -0.1) is 5.10 Å². The maximum atomic E-state index is 14.3. The Morgan fingerprint density at radius 1 is 1.14 bits per heavy atom. The molecule has 35 heavy (non-hydrogen) atoms. The van der Waals surface area contributed by atoms with E-state index >= 15 is 0 Å². The summed E-state index contributed by atoms with van der Waals surface area (Å²) in [7, 11) is 3.32. The minimum Gasteiger partial charge on any atom is -0.506 e. The zero-order valence-electron chi connectivity index (χ0n) is 20.7. The van der Waals surface area contributed by atoms with Gasteiger partial charge in [0.2, 0.25) is 5.95 Å². The molecule has 0 bridgehead atoms. The van der Waals surface area contributed by atoms with Crippen molar-refractivity contribution in [2.45, 2.75) is 77.4 Å². The summed E-state index contributed by atoms with van der Waals surface area (Å²) in [6.45, 7) is 1.52. The molecule has 2 aromatic heterocycles. The number of amides is 1. The fraction of sp³-hybridized carbons (Fsp3) is 0.600. The molecule has 192 valence electrons. The van der Waals surface area contributed by atoms with Gasteiger partial charge in [-0.05, 0) is 44.7 Å². The molecule has 2 aliphatic carbocycles. The fourth-order valence-electron chi connectivity index (χ4n) is 4.66. The van der Waals surface area contributed by atoms with Crippen LogP contribution in [0, 0.1) is 18.8 Å². The van der Waals surface area contributed by atoms with E-state index in [9.17, 15) is 19.1 Å². The van der Waals surface area contributed by atoms with Gasteiger partial charge in [0, 0.05) is 20.1 Å². The number of aliphatic carboxylic acids is 1. The molecule has 2 fully saturated rings. The Labute approximate surface area is 204 Å². The number of aromatic nitrogens is 3. The first kappa shape index (κ1) is 26.4. The van der Waals surface area contributed by atoms with Crippen molar-refractivity contribution in [2.75, 3.05) is 7.05 Å². The van der Waals surface area contributed by atoms with E-state index in [0.29, 0.717) is 17.1 Å². The minimum atomic E-state index is -0.694. The topological polar surface area (TPSA) is 118 Å². The molecule has 0 unspecified atom stereocenters. The van der Waals surface area contributed by atoms with Gasteiger partial charge in [-0.1, -0.05) is 32.1 Å². The van der Waals surface area contributed by atoms with Gasteiger partial charge in [-0.2, -0.15) is 4.39 Å². The number of hydrogen-bond acceptors (Lipinski definition) is 6. The maximum Gasteiger partial charge on any atom is 0.410 e. The van der Waals surface area contributed by atoms with Crippen molar-refractivity contribution in [1.29, 1.82) is 0 Å². The van der Waals surface area contributed by atoms with E-state index in [1.807, 2.05) is 0 Å². The van der Waals surface area contributed by atoms with Gasteiger partial charge < -0.3 is 19.8 Å². The van der Waals surface area contributed by atoms with Crippen LogP contribution in [0.2, 0.25) is 0 Å². The Hall–Kier alpha value is -3.17. The molecule has 2 heterocycles. The molecule has 4 rings (SSSR count). The SMILES string of the molecule is Cc1nc(-c2c(F)nn(C)c2COC(=O)N(C)C2CCCC2)ccc1O.O=C(O)C1CCCCC1. The second-order valence-electron chi connectivity index (χ2n) is 9.31. The van der Waals surface area contributed by atoms with Gasteiger partial charge in [0.05, 0.1) is 28.6 Å². The number of rotatable bonds is 5. The molecule has 2 saturated carbocycles. The fourth-order valence-corrected chi connectivity index (χ4v) is 4.66. The molecule has 0 saturated heterocycles. The van der Waals surface area contributed by atoms with Gasteiger partial charge in [-0.3, -0.25) is 9.48 Å². The summed E-state index contributed by atoms with van der Waals surface area (Å²) >= 11 is 0. The van der Waals surface area contributed by atoms with Crippen molar-refractivity contribution in [3.8, 4) is 17.0 Å². The van der Waals surface area contributed by atoms with Crippen LogP contribution < -0.4 is 0 Å². The third-order valence-electron chi connectivity index (χ3n) is 6.88. The number of pyridine rings is 1. The Bertz CT molecular complexity index is 1030. The number of nitrogens with zero attached hydrogens (tertiary/aromatic N) is 4. The highest BCUT2D eigenvalue weighted by molar-refractivity contribution is 5.70. The lowest BCUT2D eigenvalue weighted by Gasteiger charge is -2.23. The summed E-state index contributed by atoms with van der Waals surface area (Å²) in [5, 5.41) is 21.9. The third-order valence-corrected chi connectivity index (χ3v) is 6.88. The van der Waals surface area contributed by atoms with E-state index in [1.165, 1.54) is 23.2 Å². The Kier molecular flexibility index (Phi) is 9.06. The van der Waals surface area contributed by atoms with Crippen molar-refractivity contribution in [3.05, 3.63) is 29.5 Å². The molecule has 0 atom stereocenters. The first-order valence-corrected chi connectivity index (χ1v) is 12.2. The van der Waals surface area contributed by atoms with Gasteiger partial charge in [0.25, 0.3) is 0 Å². The Balaban J connectivity index is 0.000000320. The molecule has 0 aliphatic heterocycles. The van der Waals surface area contributed by atoms with Gasteiger partial charge in [-0.25, -0.2) is 9.78 Å². The molecule has 0 aromatic carbocycles. The van der Waals surface area contributed by atoms with E-state index in [4.69, 9.17) is 9.84 Å². The average molecular weight is 491 g/mol. The zero-order chi connectivity index (χ0) is 25.5. The third kappa shape index (κ3) is 6.70. The predicted molar refractivity (Wildman–Crippen MR) is 127 cm³/mol. The van der Waals surface area contributed by atoms with Crippen LogP contribution in [0.3, 0.4) is 0 Å². The lowest BCUT2D eigenvalue weighted by molar-refractivity contribution is -0.142. The molecular formula is C25H35FN4O5. The summed E-state index contributed by atoms with van der Waals surface area (Å²) in [6.07, 6.45) is 9.00. The van der Waals surface area contributed by atoms with Crippen molar-refractivity contribution in [3.63, 3.8) is 0 Å². The van der Waals surface area contributed by atoms with Crippen LogP contribution in [0.1, 0.15) is 69.2 Å². The van der Waals surface area contributed by atoms with Crippen LogP contribution in [-0.4, -0.2) is 55.0 Å². The smallest absolute Gasteiger partial charge is 0.410 e. The number of ether oxygens (including phenoxy) is 1. The summed E-state index contributed by atoms with van der Waals surface area (Å²) < 4.78 is 21.1. The van der Waals surface area contributed by atoms with Crippen molar-refractivity contribution < 1.29 is 28.9 Å². The zero-order valence-corrected chi connectivity index (χ0v) is 20.7. The van der Waals surface area contributed by atoms with E-state index in [1.54, 1.807) is 25.9 Å². The molecule has 9 nitrogen and oxygen atoms in total. The quantitative estimate of drug-likeness (QED) is 0.618. The number of halogens is 1. The highest BCUT2D eigenvalue weighted by atomic mass is 19.1. The Morgan fingerprint density at radius 2 is 1.77 bits per heavy atom. The average Bonchev–Trinajstić information content (AvgIpc) is 3.47. The first-order chi connectivity index (χ1) is 16.7. The molecule has 1 amide bonds. The number of carbonyl (C=O) groups is 2. The summed E-state index contributed by atoms with van der Waals surface area (Å²) in [6, 6.07) is 3.17. The predicted octanol–water partition coefficient (Wildman–Crippen LogP) is 4.80. The molecule has 2 N–H and O–H groups in total. The Morgan fingerprint density at radius 3 is 2.34 bits per heavy atom. The second-order valence-corrected chi connectivity index (χ2v) is 9.31. The van der Waals surface area contributed by atoms with Crippen LogP contribution in [0.25, 0.3) is 11.3 Å². The molecule has 2 aliphatic rings. The molecule has 0 radical (unpaired) electrons. The molecule has 0 spiro atoms. The van der Waals surface area contributed by atoms with Crippen LogP contribution >= 0.6 is 0 Å². The first-order valence-electron chi connectivity index (χ1n) is 12.2. The largest absolute Gasteiger partial charge is 0.506 e. The number of carboxylic acid groups (broad SMARTS) is 1. The second kappa shape index (κ2) is 12.0. The van der Waals surface area contributed by atoms with Crippen molar-refractivity contribution in [2.24, 2.45) is 13.0 Å². The number of aryl methyl sites for hydroxylation is 2. The summed E-state index contributed by atoms with van der Waals surface area (Å²) in [4.78, 5) is 28.5. The van der Waals surface area contributed by atoms with Crippen LogP contribution in [0.5, 0.6) is 5.75 Å². The number of aromatic hydroxyl groups is 1. The molecule has 10 heteroatoms. The highest BCUT2D eigenvalue weighted by Crippen LogP contribution is 2.29. The van der Waals surface area contributed by atoms with Gasteiger partial charge in [0.1, 0.15) is 12.4 Å². The highest BCUT2D eigenvalue weighted by Gasteiger charge is 2.26. The monoisotopic (exact) mass is 490 g/mol. The van der Waals surface area contributed by atoms with Crippen molar-refractivity contribution in [1.82, 2.24) is 19.7 Å². The summed E-state index contributed by atoms with van der Waals surface area (Å²) in [5.41, 5.74) is 1.30. The minimum absolute atomic E-state index is 0.0289. The van der Waals surface area contributed by atoms with E-state index in [-0.39, 0.29) is 29.9 Å². The molecular weight excluding hydrogens is 455 g/mol. The van der Waals surface area contributed by atoms with Crippen molar-refractivity contribution >= 4 is 12.1 Å². The number of carboxylic acids is 1. The van der Waals surface area contributed by atoms with E-state index < -0.39 is 18.0 Å². The van der Waals surface area contributed by atoms with Gasteiger partial charge in [0.15, 0.2) is 0 Å². The number of hydrogen-bond donors (Lipinski definition) is 2. The van der Waals surface area contributed by atoms with E-state index in [0.717, 1.165) is 51.4 Å². The van der Waals surface area contributed by atoms with Crippen LogP contribution in [0.4, 0.5) is 9.18 Å². The normalized spacial score (nSPS) is 16.5. The lowest BCUT2D eigenvalue weighted by Crippen LogP contribution is -2.35. The lowest BCUT2D eigenvalue weighted by atomic mass is 9.90. The van der Waals surface area contributed by atoms with Gasteiger partial charge >= 0.3 is 12.1 Å². The van der Waals surface area contributed by atoms with Crippen LogP contribution in [-0.2, 0) is 23.2 Å².